The third-order valence-corrected chi connectivity index (χ3v) is 5.16. The number of thiophene rings is 1. The molecule has 1 atom stereocenters. The molecule has 1 aromatic heterocycles. The van der Waals surface area contributed by atoms with Gasteiger partial charge in [-0.3, -0.25) is 4.79 Å². The van der Waals surface area contributed by atoms with Gasteiger partial charge in [-0.25, -0.2) is 4.79 Å². The van der Waals surface area contributed by atoms with Crippen molar-refractivity contribution in [3.63, 3.8) is 0 Å². The number of nitrogen functional groups attached to an aromatic ring is 1. The first-order valence-electron chi connectivity index (χ1n) is 8.28. The Morgan fingerprint density at radius 2 is 2.04 bits per heavy atom. The third-order valence-electron chi connectivity index (χ3n) is 4.10. The zero-order chi connectivity index (χ0) is 18.5. The van der Waals surface area contributed by atoms with Gasteiger partial charge < -0.3 is 21.1 Å². The van der Waals surface area contributed by atoms with Crippen LogP contribution < -0.4 is 11.1 Å². The molecule has 0 spiro atoms. The minimum absolute atomic E-state index is 0.201. The van der Waals surface area contributed by atoms with E-state index in [1.54, 1.807) is 6.07 Å². The lowest BCUT2D eigenvalue weighted by Crippen LogP contribution is -2.49. The molecule has 0 aliphatic carbocycles. The van der Waals surface area contributed by atoms with Gasteiger partial charge in [-0.05, 0) is 31.0 Å². The van der Waals surface area contributed by atoms with Gasteiger partial charge >= 0.3 is 6.09 Å². The minimum atomic E-state index is -0.960. The molecule has 0 bridgehead atoms. The van der Waals surface area contributed by atoms with E-state index in [2.05, 4.69) is 17.2 Å². The molecule has 1 aliphatic heterocycles. The molecule has 1 saturated heterocycles. The Kier molecular flexibility index (Phi) is 5.44. The Morgan fingerprint density at radius 1 is 1.27 bits per heavy atom. The fourth-order valence-electron chi connectivity index (χ4n) is 2.82. The van der Waals surface area contributed by atoms with Gasteiger partial charge in [-0.1, -0.05) is 30.0 Å². The van der Waals surface area contributed by atoms with Crippen molar-refractivity contribution in [3.8, 4) is 11.8 Å². The SMILES string of the molecule is Nc1cc(C#Cc2ccccc2)sc1C(=O)NC1CCCN(C(=O)O)C1. The highest BCUT2D eigenvalue weighted by Crippen LogP contribution is 2.24. The zero-order valence-corrected chi connectivity index (χ0v) is 14.9. The van der Waals surface area contributed by atoms with E-state index in [0.29, 0.717) is 28.5 Å². The number of carbonyl (C=O) groups is 2. The fraction of sp³-hybridized carbons (Fsp3) is 0.263. The number of benzene rings is 1. The Hall–Kier alpha value is -2.98. The third kappa shape index (κ3) is 4.35. The summed E-state index contributed by atoms with van der Waals surface area (Å²) in [5, 5.41) is 12.0. The molecule has 0 radical (unpaired) electrons. The van der Waals surface area contributed by atoms with E-state index in [-0.39, 0.29) is 11.9 Å². The average Bonchev–Trinajstić information content (AvgIpc) is 3.02. The molecule has 1 aliphatic rings. The smallest absolute Gasteiger partial charge is 0.407 e. The number of nitrogens with zero attached hydrogens (tertiary/aromatic N) is 1. The van der Waals surface area contributed by atoms with Crippen LogP contribution in [0.4, 0.5) is 10.5 Å². The number of hydrogen-bond acceptors (Lipinski definition) is 4. The Morgan fingerprint density at radius 3 is 2.77 bits per heavy atom. The summed E-state index contributed by atoms with van der Waals surface area (Å²) in [6.45, 7) is 0.801. The minimum Gasteiger partial charge on any atom is -0.465 e. The molecular weight excluding hydrogens is 350 g/mol. The van der Waals surface area contributed by atoms with Crippen molar-refractivity contribution in [2.24, 2.45) is 0 Å². The molecule has 1 fully saturated rings. The molecule has 4 N–H and O–H groups in total. The molecule has 3 rings (SSSR count). The number of carbonyl (C=O) groups excluding carboxylic acids is 1. The molecule has 0 saturated carbocycles. The van der Waals surface area contributed by atoms with Gasteiger partial charge in [0.1, 0.15) is 4.88 Å². The number of carboxylic acid groups (broad SMARTS) is 1. The number of nitrogens with two attached hydrogens (primary N) is 1. The van der Waals surface area contributed by atoms with Crippen LogP contribution in [0.15, 0.2) is 36.4 Å². The fourth-order valence-corrected chi connectivity index (χ4v) is 3.66. The molecular formula is C19H19N3O3S. The van der Waals surface area contributed by atoms with E-state index in [1.165, 1.54) is 16.2 Å². The van der Waals surface area contributed by atoms with Gasteiger partial charge in [0.2, 0.25) is 0 Å². The van der Waals surface area contributed by atoms with Gasteiger partial charge in [0.15, 0.2) is 0 Å². The highest BCUT2D eigenvalue weighted by atomic mass is 32.1. The summed E-state index contributed by atoms with van der Waals surface area (Å²) in [6.07, 6.45) is 0.518. The first-order chi connectivity index (χ1) is 12.5. The number of nitrogens with one attached hydrogen (secondary N) is 1. The van der Waals surface area contributed by atoms with Crippen LogP contribution in [-0.2, 0) is 0 Å². The number of hydrogen-bond donors (Lipinski definition) is 3. The van der Waals surface area contributed by atoms with E-state index in [0.717, 1.165) is 18.4 Å². The van der Waals surface area contributed by atoms with E-state index < -0.39 is 6.09 Å². The maximum Gasteiger partial charge on any atom is 0.407 e. The standard InChI is InChI=1S/C19H19N3O3S/c20-16-11-15(9-8-13-5-2-1-3-6-13)26-17(16)18(23)21-14-7-4-10-22(12-14)19(24)25/h1-3,5-6,11,14H,4,7,10,12,20H2,(H,21,23)(H,24,25). The molecule has 7 heteroatoms. The van der Waals surface area contributed by atoms with Gasteiger partial charge in [0.05, 0.1) is 10.6 Å². The summed E-state index contributed by atoms with van der Waals surface area (Å²) in [5.74, 6) is 5.79. The summed E-state index contributed by atoms with van der Waals surface area (Å²) in [7, 11) is 0. The monoisotopic (exact) mass is 369 g/mol. The first-order valence-corrected chi connectivity index (χ1v) is 9.09. The first kappa shape index (κ1) is 17.8. The summed E-state index contributed by atoms with van der Waals surface area (Å²) in [6, 6.07) is 11.1. The predicted octanol–water partition coefficient (Wildman–Crippen LogP) is 2.60. The Labute approximate surface area is 155 Å². The summed E-state index contributed by atoms with van der Waals surface area (Å²) in [5.41, 5.74) is 7.24. The lowest BCUT2D eigenvalue weighted by atomic mass is 10.1. The summed E-state index contributed by atoms with van der Waals surface area (Å²) in [4.78, 5) is 26.0. The van der Waals surface area contributed by atoms with Crippen LogP contribution in [0.3, 0.4) is 0 Å². The average molecular weight is 369 g/mol. The molecule has 2 aromatic rings. The van der Waals surface area contributed by atoms with Crippen LogP contribution in [0, 0.1) is 11.8 Å². The van der Waals surface area contributed by atoms with E-state index >= 15 is 0 Å². The zero-order valence-electron chi connectivity index (χ0n) is 14.1. The van der Waals surface area contributed by atoms with Crippen LogP contribution in [0.5, 0.6) is 0 Å². The van der Waals surface area contributed by atoms with E-state index in [4.69, 9.17) is 10.8 Å². The number of rotatable bonds is 2. The van der Waals surface area contributed by atoms with Gasteiger partial charge in [0, 0.05) is 24.7 Å². The highest BCUT2D eigenvalue weighted by molar-refractivity contribution is 7.15. The van der Waals surface area contributed by atoms with Crippen LogP contribution in [0.25, 0.3) is 0 Å². The second-order valence-electron chi connectivity index (χ2n) is 6.05. The highest BCUT2D eigenvalue weighted by Gasteiger charge is 2.25. The summed E-state index contributed by atoms with van der Waals surface area (Å²) >= 11 is 1.24. The van der Waals surface area contributed by atoms with Crippen molar-refractivity contribution < 1.29 is 14.7 Å². The number of likely N-dealkylation sites (tertiary alicyclic amines) is 1. The molecule has 26 heavy (non-hydrogen) atoms. The normalized spacial score (nSPS) is 16.5. The number of anilines is 1. The van der Waals surface area contributed by atoms with Gasteiger partial charge in [-0.2, -0.15) is 0 Å². The largest absolute Gasteiger partial charge is 0.465 e. The molecule has 2 amide bonds. The van der Waals surface area contributed by atoms with Crippen molar-refractivity contribution in [1.82, 2.24) is 10.2 Å². The Balaban J connectivity index is 1.68. The molecule has 6 nitrogen and oxygen atoms in total. The molecule has 134 valence electrons. The van der Waals surface area contributed by atoms with Crippen molar-refractivity contribution >= 4 is 29.0 Å². The van der Waals surface area contributed by atoms with Gasteiger partial charge in [-0.15, -0.1) is 11.3 Å². The molecule has 2 heterocycles. The number of amides is 2. The van der Waals surface area contributed by atoms with E-state index in [9.17, 15) is 9.59 Å². The van der Waals surface area contributed by atoms with Crippen molar-refractivity contribution in [3.05, 3.63) is 51.7 Å². The molecule has 1 unspecified atom stereocenters. The second kappa shape index (κ2) is 7.93. The van der Waals surface area contributed by atoms with Crippen molar-refractivity contribution in [2.45, 2.75) is 18.9 Å². The van der Waals surface area contributed by atoms with Crippen LogP contribution in [0.2, 0.25) is 0 Å². The lowest BCUT2D eigenvalue weighted by molar-refractivity contribution is 0.0893. The maximum absolute atomic E-state index is 12.5. The van der Waals surface area contributed by atoms with Crippen LogP contribution in [-0.4, -0.2) is 41.1 Å². The maximum atomic E-state index is 12.5. The Bertz CT molecular complexity index is 867. The topological polar surface area (TPSA) is 95.7 Å². The van der Waals surface area contributed by atoms with Crippen molar-refractivity contribution in [1.29, 1.82) is 0 Å². The summed E-state index contributed by atoms with van der Waals surface area (Å²) < 4.78 is 0. The van der Waals surface area contributed by atoms with Crippen LogP contribution >= 0.6 is 11.3 Å². The molecule has 1 aromatic carbocycles. The van der Waals surface area contributed by atoms with Crippen LogP contribution in [0.1, 0.15) is 33.0 Å². The van der Waals surface area contributed by atoms with Gasteiger partial charge in [0.25, 0.3) is 5.91 Å². The van der Waals surface area contributed by atoms with Crippen molar-refractivity contribution in [2.75, 3.05) is 18.8 Å². The lowest BCUT2D eigenvalue weighted by Gasteiger charge is -2.31. The number of piperidine rings is 1. The van der Waals surface area contributed by atoms with E-state index in [1.807, 2.05) is 30.3 Å². The second-order valence-corrected chi connectivity index (χ2v) is 7.10. The quantitative estimate of drug-likeness (QED) is 0.709. The predicted molar refractivity (Wildman–Crippen MR) is 101 cm³/mol.